The molecule has 0 atom stereocenters. The van der Waals surface area contributed by atoms with Crippen LogP contribution in [-0.2, 0) is 19.5 Å². The molecule has 2 aromatic rings. The van der Waals surface area contributed by atoms with Crippen LogP contribution in [0, 0.1) is 20.2 Å². The molecule has 0 fully saturated rings. The lowest BCUT2D eigenvalue weighted by Gasteiger charge is -2.25. The highest BCUT2D eigenvalue weighted by Gasteiger charge is 2.20. The maximum Gasteiger partial charge on any atom is 0.277 e. The molecule has 0 aromatic heterocycles. The third kappa shape index (κ3) is 4.26. The summed E-state index contributed by atoms with van der Waals surface area (Å²) in [5, 5.41) is 24.5. The first-order valence-electron chi connectivity index (χ1n) is 8.35. The number of amides is 1. The molecule has 1 N–H and O–H groups in total. The fourth-order valence-electron chi connectivity index (χ4n) is 3.08. The summed E-state index contributed by atoms with van der Waals surface area (Å²) in [4.78, 5) is 34.9. The van der Waals surface area contributed by atoms with Gasteiger partial charge in [0.1, 0.15) is 0 Å². The SMILES string of the molecule is CN1CCc2cc(CNC(=O)c3cc([N+](=O)[O-])cc([N+](=O)[O-])c3)ccc2C1. The van der Waals surface area contributed by atoms with E-state index in [1.165, 1.54) is 11.1 Å². The van der Waals surface area contributed by atoms with Crippen LogP contribution < -0.4 is 5.32 Å². The van der Waals surface area contributed by atoms with E-state index in [1.807, 2.05) is 18.2 Å². The van der Waals surface area contributed by atoms with Gasteiger partial charge in [-0.1, -0.05) is 18.2 Å². The molecule has 0 bridgehead atoms. The number of carbonyl (C=O) groups is 1. The Morgan fingerprint density at radius 1 is 1.07 bits per heavy atom. The smallest absolute Gasteiger partial charge is 0.277 e. The van der Waals surface area contributed by atoms with Crippen LogP contribution in [0.2, 0.25) is 0 Å². The van der Waals surface area contributed by atoms with Gasteiger partial charge in [0.15, 0.2) is 0 Å². The molecule has 0 aliphatic carbocycles. The second-order valence-electron chi connectivity index (χ2n) is 6.53. The topological polar surface area (TPSA) is 119 Å². The highest BCUT2D eigenvalue weighted by Crippen LogP contribution is 2.23. The lowest BCUT2D eigenvalue weighted by Crippen LogP contribution is -2.27. The Bertz CT molecular complexity index is 896. The number of hydrogen-bond acceptors (Lipinski definition) is 6. The van der Waals surface area contributed by atoms with Crippen molar-refractivity contribution in [3.8, 4) is 0 Å². The van der Waals surface area contributed by atoms with Crippen molar-refractivity contribution in [2.75, 3.05) is 13.6 Å². The van der Waals surface area contributed by atoms with Crippen LogP contribution in [0.25, 0.3) is 0 Å². The van der Waals surface area contributed by atoms with Crippen molar-refractivity contribution in [2.24, 2.45) is 0 Å². The molecule has 140 valence electrons. The maximum absolute atomic E-state index is 12.3. The Morgan fingerprint density at radius 2 is 1.74 bits per heavy atom. The fraction of sp³-hybridized carbons (Fsp3) is 0.278. The molecule has 27 heavy (non-hydrogen) atoms. The highest BCUT2D eigenvalue weighted by molar-refractivity contribution is 5.95. The molecular formula is C18H18N4O5. The first-order chi connectivity index (χ1) is 12.8. The standard InChI is InChI=1S/C18H18N4O5/c1-20-5-4-13-6-12(2-3-14(13)11-20)10-19-18(23)15-7-16(21(24)25)9-17(8-15)22(26)27/h2-3,6-9H,4-5,10-11H2,1H3,(H,19,23). The number of nitrogens with one attached hydrogen (secondary N) is 1. The van der Waals surface area contributed by atoms with Crippen molar-refractivity contribution in [2.45, 2.75) is 19.5 Å². The van der Waals surface area contributed by atoms with E-state index in [0.29, 0.717) is 0 Å². The predicted octanol–water partition coefficient (Wildman–Crippen LogP) is 2.42. The zero-order valence-electron chi connectivity index (χ0n) is 14.7. The lowest BCUT2D eigenvalue weighted by molar-refractivity contribution is -0.394. The summed E-state index contributed by atoms with van der Waals surface area (Å²) in [6, 6.07) is 8.89. The number of rotatable bonds is 5. The minimum Gasteiger partial charge on any atom is -0.348 e. The van der Waals surface area contributed by atoms with Crippen molar-refractivity contribution in [1.29, 1.82) is 0 Å². The third-order valence-corrected chi connectivity index (χ3v) is 4.51. The molecule has 0 radical (unpaired) electrons. The number of carbonyl (C=O) groups excluding carboxylic acids is 1. The Kier molecular flexibility index (Phi) is 5.13. The number of nitrogens with zero attached hydrogens (tertiary/aromatic N) is 3. The lowest BCUT2D eigenvalue weighted by atomic mass is 9.97. The van der Waals surface area contributed by atoms with E-state index in [9.17, 15) is 25.0 Å². The van der Waals surface area contributed by atoms with Gasteiger partial charge in [0.25, 0.3) is 17.3 Å². The fourth-order valence-corrected chi connectivity index (χ4v) is 3.08. The normalized spacial score (nSPS) is 13.7. The zero-order chi connectivity index (χ0) is 19.6. The molecule has 3 rings (SSSR count). The van der Waals surface area contributed by atoms with Crippen molar-refractivity contribution in [3.05, 3.63) is 78.9 Å². The number of hydrogen-bond donors (Lipinski definition) is 1. The number of fused-ring (bicyclic) bond motifs is 1. The first-order valence-corrected chi connectivity index (χ1v) is 8.35. The van der Waals surface area contributed by atoms with Gasteiger partial charge in [0.2, 0.25) is 0 Å². The van der Waals surface area contributed by atoms with E-state index >= 15 is 0 Å². The summed E-state index contributed by atoms with van der Waals surface area (Å²) >= 11 is 0. The minimum atomic E-state index is -0.760. The van der Waals surface area contributed by atoms with Crippen molar-refractivity contribution >= 4 is 17.3 Å². The Balaban J connectivity index is 1.74. The van der Waals surface area contributed by atoms with Crippen molar-refractivity contribution < 1.29 is 14.6 Å². The molecule has 2 aromatic carbocycles. The number of benzene rings is 2. The monoisotopic (exact) mass is 370 g/mol. The van der Waals surface area contributed by atoms with Gasteiger partial charge in [-0.05, 0) is 30.2 Å². The van der Waals surface area contributed by atoms with Crippen LogP contribution in [0.3, 0.4) is 0 Å². The van der Waals surface area contributed by atoms with Crippen molar-refractivity contribution in [3.63, 3.8) is 0 Å². The van der Waals surface area contributed by atoms with Crippen LogP contribution in [0.5, 0.6) is 0 Å². The van der Waals surface area contributed by atoms with E-state index in [2.05, 4.69) is 17.3 Å². The number of nitro benzene ring substituents is 2. The Labute approximate surface area is 154 Å². The molecule has 0 spiro atoms. The van der Waals surface area contributed by atoms with Gasteiger partial charge in [0, 0.05) is 31.8 Å². The molecule has 1 aliphatic rings. The van der Waals surface area contributed by atoms with E-state index in [4.69, 9.17) is 0 Å². The van der Waals surface area contributed by atoms with E-state index < -0.39 is 27.1 Å². The molecule has 1 aliphatic heterocycles. The summed E-state index contributed by atoms with van der Waals surface area (Å²) < 4.78 is 0. The quantitative estimate of drug-likeness (QED) is 0.638. The molecule has 0 saturated carbocycles. The first kappa shape index (κ1) is 18.5. The van der Waals surface area contributed by atoms with Crippen LogP contribution in [-0.4, -0.2) is 34.2 Å². The second-order valence-corrected chi connectivity index (χ2v) is 6.53. The van der Waals surface area contributed by atoms with Gasteiger partial charge in [-0.15, -0.1) is 0 Å². The van der Waals surface area contributed by atoms with Crippen LogP contribution in [0.1, 0.15) is 27.0 Å². The number of non-ortho nitro benzene ring substituents is 2. The summed E-state index contributed by atoms with van der Waals surface area (Å²) in [6.45, 7) is 2.10. The Hall–Kier alpha value is -3.33. The van der Waals surface area contributed by atoms with E-state index in [-0.39, 0.29) is 12.1 Å². The maximum atomic E-state index is 12.3. The molecular weight excluding hydrogens is 352 g/mol. The van der Waals surface area contributed by atoms with Gasteiger partial charge in [0.05, 0.1) is 21.5 Å². The van der Waals surface area contributed by atoms with Gasteiger partial charge in [-0.3, -0.25) is 25.0 Å². The molecule has 9 heteroatoms. The van der Waals surface area contributed by atoms with E-state index in [1.54, 1.807) is 0 Å². The molecule has 1 heterocycles. The van der Waals surface area contributed by atoms with Gasteiger partial charge in [-0.2, -0.15) is 0 Å². The average molecular weight is 370 g/mol. The minimum absolute atomic E-state index is 0.115. The highest BCUT2D eigenvalue weighted by atomic mass is 16.6. The third-order valence-electron chi connectivity index (χ3n) is 4.51. The second kappa shape index (κ2) is 7.50. The van der Waals surface area contributed by atoms with Gasteiger partial charge >= 0.3 is 0 Å². The summed E-state index contributed by atoms with van der Waals surface area (Å²) in [5.41, 5.74) is 2.31. The van der Waals surface area contributed by atoms with Gasteiger partial charge in [-0.25, -0.2) is 0 Å². The molecule has 9 nitrogen and oxygen atoms in total. The summed E-state index contributed by atoms with van der Waals surface area (Å²) in [7, 11) is 2.06. The molecule has 1 amide bonds. The zero-order valence-corrected chi connectivity index (χ0v) is 14.7. The number of nitro groups is 2. The summed E-state index contributed by atoms with van der Waals surface area (Å²) in [5.74, 6) is -0.598. The van der Waals surface area contributed by atoms with E-state index in [0.717, 1.165) is 43.3 Å². The predicted molar refractivity (Wildman–Crippen MR) is 97.4 cm³/mol. The van der Waals surface area contributed by atoms with Gasteiger partial charge < -0.3 is 10.2 Å². The largest absolute Gasteiger partial charge is 0.348 e. The van der Waals surface area contributed by atoms with Crippen LogP contribution >= 0.6 is 0 Å². The average Bonchev–Trinajstić information content (AvgIpc) is 2.65. The van der Waals surface area contributed by atoms with Crippen LogP contribution in [0.15, 0.2) is 36.4 Å². The Morgan fingerprint density at radius 3 is 2.37 bits per heavy atom. The molecule has 0 saturated heterocycles. The van der Waals surface area contributed by atoms with Crippen LogP contribution in [0.4, 0.5) is 11.4 Å². The molecule has 0 unspecified atom stereocenters. The number of likely N-dealkylation sites (N-methyl/N-ethyl adjacent to an activating group) is 1. The van der Waals surface area contributed by atoms with Crippen molar-refractivity contribution in [1.82, 2.24) is 10.2 Å². The summed E-state index contributed by atoms with van der Waals surface area (Å²) in [6.07, 6.45) is 0.935.